The Bertz CT molecular complexity index is 467. The summed E-state index contributed by atoms with van der Waals surface area (Å²) in [7, 11) is 0. The van der Waals surface area contributed by atoms with E-state index in [1.54, 1.807) is 26.0 Å². The van der Waals surface area contributed by atoms with Crippen molar-refractivity contribution in [2.24, 2.45) is 5.92 Å². The molecule has 1 fully saturated rings. The van der Waals surface area contributed by atoms with E-state index in [-0.39, 0.29) is 29.9 Å². The van der Waals surface area contributed by atoms with E-state index in [9.17, 15) is 14.7 Å². The zero-order valence-electron chi connectivity index (χ0n) is 9.23. The molecular formula is C12H13NO3. The predicted molar refractivity (Wildman–Crippen MR) is 59.1 cm³/mol. The van der Waals surface area contributed by atoms with Gasteiger partial charge < -0.3 is 5.11 Å². The minimum absolute atomic E-state index is 0.163. The van der Waals surface area contributed by atoms with Crippen molar-refractivity contribution < 1.29 is 14.7 Å². The molecule has 0 aromatic heterocycles. The molecule has 1 saturated heterocycles. The van der Waals surface area contributed by atoms with Gasteiger partial charge in [0, 0.05) is 12.3 Å². The Kier molecular flexibility index (Phi) is 2.42. The number of aromatic hydroxyl groups is 1. The van der Waals surface area contributed by atoms with E-state index in [0.717, 1.165) is 0 Å². The standard InChI is InChI=1S/C12H13NO3/c1-7-5-9(3-4-10(7)14)13-11(15)6-8(2)12(13)16/h3-5,8,14H,6H2,1-2H3. The highest BCUT2D eigenvalue weighted by atomic mass is 16.3. The van der Waals surface area contributed by atoms with Gasteiger partial charge in [-0.05, 0) is 30.7 Å². The SMILES string of the molecule is Cc1cc(N2C(=O)CC(C)C2=O)ccc1O. The van der Waals surface area contributed by atoms with E-state index < -0.39 is 0 Å². The van der Waals surface area contributed by atoms with Crippen LogP contribution in [0.5, 0.6) is 5.75 Å². The number of carbonyl (C=O) groups is 2. The van der Waals surface area contributed by atoms with Crippen molar-refractivity contribution in [1.29, 1.82) is 0 Å². The van der Waals surface area contributed by atoms with Crippen molar-refractivity contribution in [2.45, 2.75) is 20.3 Å². The van der Waals surface area contributed by atoms with Gasteiger partial charge in [0.25, 0.3) is 0 Å². The first-order chi connectivity index (χ1) is 7.50. The van der Waals surface area contributed by atoms with Gasteiger partial charge in [-0.3, -0.25) is 14.5 Å². The lowest BCUT2D eigenvalue weighted by Crippen LogP contribution is -2.29. The number of anilines is 1. The molecule has 4 nitrogen and oxygen atoms in total. The molecule has 0 radical (unpaired) electrons. The zero-order valence-corrected chi connectivity index (χ0v) is 9.23. The summed E-state index contributed by atoms with van der Waals surface area (Å²) in [5.41, 5.74) is 1.19. The molecule has 1 N–H and O–H groups in total. The van der Waals surface area contributed by atoms with Gasteiger partial charge in [0.1, 0.15) is 5.75 Å². The first kappa shape index (κ1) is 10.7. The van der Waals surface area contributed by atoms with Gasteiger partial charge in [-0.1, -0.05) is 6.92 Å². The summed E-state index contributed by atoms with van der Waals surface area (Å²) < 4.78 is 0. The molecule has 0 saturated carbocycles. The Balaban J connectivity index is 2.41. The van der Waals surface area contributed by atoms with Crippen LogP contribution in [0.4, 0.5) is 5.69 Å². The van der Waals surface area contributed by atoms with E-state index >= 15 is 0 Å². The van der Waals surface area contributed by atoms with Gasteiger partial charge in [0.2, 0.25) is 11.8 Å². The van der Waals surface area contributed by atoms with Crippen molar-refractivity contribution in [1.82, 2.24) is 0 Å². The molecule has 0 bridgehead atoms. The summed E-state index contributed by atoms with van der Waals surface area (Å²) >= 11 is 0. The lowest BCUT2D eigenvalue weighted by atomic mass is 10.1. The molecule has 1 aliphatic heterocycles. The second-order valence-electron chi connectivity index (χ2n) is 4.14. The number of benzene rings is 1. The van der Waals surface area contributed by atoms with Crippen LogP contribution in [0.2, 0.25) is 0 Å². The Morgan fingerprint density at radius 3 is 2.56 bits per heavy atom. The predicted octanol–water partition coefficient (Wildman–Crippen LogP) is 1.60. The quantitative estimate of drug-likeness (QED) is 0.730. The fraction of sp³-hybridized carbons (Fsp3) is 0.333. The number of phenols is 1. The van der Waals surface area contributed by atoms with Crippen LogP contribution in [-0.2, 0) is 9.59 Å². The summed E-state index contributed by atoms with van der Waals surface area (Å²) in [6.45, 7) is 3.47. The van der Waals surface area contributed by atoms with Crippen LogP contribution in [0, 0.1) is 12.8 Å². The van der Waals surface area contributed by atoms with Crippen LogP contribution in [-0.4, -0.2) is 16.9 Å². The first-order valence-corrected chi connectivity index (χ1v) is 5.17. The number of imide groups is 1. The minimum atomic E-state index is -0.249. The maximum Gasteiger partial charge on any atom is 0.237 e. The Hall–Kier alpha value is -1.84. The van der Waals surface area contributed by atoms with Crippen LogP contribution in [0.1, 0.15) is 18.9 Å². The molecule has 1 aromatic carbocycles. The van der Waals surface area contributed by atoms with Gasteiger partial charge in [-0.15, -0.1) is 0 Å². The molecule has 16 heavy (non-hydrogen) atoms. The normalized spacial score (nSPS) is 20.6. The zero-order chi connectivity index (χ0) is 11.9. The number of hydrogen-bond donors (Lipinski definition) is 1. The highest BCUT2D eigenvalue weighted by Crippen LogP contribution is 2.29. The van der Waals surface area contributed by atoms with Crippen LogP contribution in [0.25, 0.3) is 0 Å². The molecule has 4 heteroatoms. The number of aryl methyl sites for hydroxylation is 1. The second kappa shape index (κ2) is 3.63. The van der Waals surface area contributed by atoms with Gasteiger partial charge in [0.15, 0.2) is 0 Å². The summed E-state index contributed by atoms with van der Waals surface area (Å²) in [4.78, 5) is 24.6. The van der Waals surface area contributed by atoms with E-state index in [1.165, 1.54) is 11.0 Å². The molecule has 0 aliphatic carbocycles. The average Bonchev–Trinajstić information content (AvgIpc) is 2.47. The fourth-order valence-corrected chi connectivity index (χ4v) is 1.83. The van der Waals surface area contributed by atoms with Crippen molar-refractivity contribution >= 4 is 17.5 Å². The van der Waals surface area contributed by atoms with Gasteiger partial charge in [0.05, 0.1) is 5.69 Å². The fourth-order valence-electron chi connectivity index (χ4n) is 1.83. The van der Waals surface area contributed by atoms with Crippen LogP contribution >= 0.6 is 0 Å². The highest BCUT2D eigenvalue weighted by Gasteiger charge is 2.36. The third-order valence-corrected chi connectivity index (χ3v) is 2.81. The molecule has 1 aliphatic rings. The molecule has 1 unspecified atom stereocenters. The smallest absolute Gasteiger partial charge is 0.237 e. The minimum Gasteiger partial charge on any atom is -0.508 e. The second-order valence-corrected chi connectivity index (χ2v) is 4.14. The molecular weight excluding hydrogens is 206 g/mol. The van der Waals surface area contributed by atoms with Crippen molar-refractivity contribution in [3.63, 3.8) is 0 Å². The number of hydrogen-bond acceptors (Lipinski definition) is 3. The summed E-state index contributed by atoms with van der Waals surface area (Å²) in [6.07, 6.45) is 0.263. The van der Waals surface area contributed by atoms with Gasteiger partial charge >= 0.3 is 0 Å². The largest absolute Gasteiger partial charge is 0.508 e. The summed E-state index contributed by atoms with van der Waals surface area (Å²) in [6, 6.07) is 4.72. The molecule has 1 atom stereocenters. The molecule has 2 rings (SSSR count). The topological polar surface area (TPSA) is 57.6 Å². The van der Waals surface area contributed by atoms with Crippen LogP contribution in [0.3, 0.4) is 0 Å². The Morgan fingerprint density at radius 2 is 2.06 bits per heavy atom. The number of phenolic OH excluding ortho intramolecular Hbond substituents is 1. The number of amides is 2. The lowest BCUT2D eigenvalue weighted by molar-refractivity contribution is -0.122. The summed E-state index contributed by atoms with van der Waals surface area (Å²) in [5, 5.41) is 9.38. The molecule has 2 amide bonds. The van der Waals surface area contributed by atoms with Gasteiger partial charge in [-0.2, -0.15) is 0 Å². The van der Waals surface area contributed by atoms with Gasteiger partial charge in [-0.25, -0.2) is 0 Å². The Morgan fingerprint density at radius 1 is 1.38 bits per heavy atom. The number of rotatable bonds is 1. The van der Waals surface area contributed by atoms with Crippen LogP contribution in [0.15, 0.2) is 18.2 Å². The maximum absolute atomic E-state index is 11.8. The molecule has 1 aromatic rings. The molecule has 84 valence electrons. The number of carbonyl (C=O) groups excluding carboxylic acids is 2. The first-order valence-electron chi connectivity index (χ1n) is 5.17. The van der Waals surface area contributed by atoms with E-state index in [1.807, 2.05) is 0 Å². The summed E-state index contributed by atoms with van der Waals surface area (Å²) in [5.74, 6) is -0.435. The Labute approximate surface area is 93.5 Å². The third kappa shape index (κ3) is 1.56. The van der Waals surface area contributed by atoms with Crippen molar-refractivity contribution in [2.75, 3.05) is 4.90 Å². The van der Waals surface area contributed by atoms with E-state index in [0.29, 0.717) is 11.3 Å². The maximum atomic E-state index is 11.8. The lowest BCUT2D eigenvalue weighted by Gasteiger charge is -2.15. The average molecular weight is 219 g/mol. The highest BCUT2D eigenvalue weighted by molar-refractivity contribution is 6.20. The molecule has 1 heterocycles. The van der Waals surface area contributed by atoms with Crippen LogP contribution < -0.4 is 4.90 Å². The molecule has 0 spiro atoms. The number of nitrogens with zero attached hydrogens (tertiary/aromatic N) is 1. The van der Waals surface area contributed by atoms with E-state index in [4.69, 9.17) is 0 Å². The van der Waals surface area contributed by atoms with E-state index in [2.05, 4.69) is 0 Å². The van der Waals surface area contributed by atoms with Crippen molar-refractivity contribution in [3.05, 3.63) is 23.8 Å². The third-order valence-electron chi connectivity index (χ3n) is 2.81. The van der Waals surface area contributed by atoms with Crippen molar-refractivity contribution in [3.8, 4) is 5.75 Å². The monoisotopic (exact) mass is 219 g/mol.